The fraction of sp³-hybridized carbons (Fsp3) is 0.0714. The van der Waals surface area contributed by atoms with Crippen LogP contribution in [0, 0.1) is 6.92 Å². The van der Waals surface area contributed by atoms with Crippen molar-refractivity contribution in [1.29, 1.82) is 0 Å². The Kier molecular flexibility index (Phi) is 5.52. The largest absolute Gasteiger partial charge is 0.106 e. The average Bonchev–Trinajstić information content (AvgIpc) is 2.79. The Morgan fingerprint density at radius 1 is 0.500 bits per heavy atom. The smallest absolute Gasteiger partial charge is 0.0845 e. The molecule has 0 spiro atoms. The zero-order valence-corrected chi connectivity index (χ0v) is 18.4. The molecule has 0 aliphatic rings. The Hall–Kier alpha value is -2.68. The summed E-state index contributed by atoms with van der Waals surface area (Å²) in [5, 5.41) is 5.16. The number of hydrogen-bond donors (Lipinski definition) is 0. The number of rotatable bonds is 5. The normalized spacial score (nSPS) is 11.4. The first-order valence-electron chi connectivity index (χ1n) is 10.1. The number of hydrogen-bond acceptors (Lipinski definition) is 2. The standard InChI is InChI=1S/C28H22S2/c1-20-10-12-23(13-11-20)28(29-26-16-14-21-6-2-4-8-24(21)18-26)30-27-17-15-22-7-3-5-9-25(22)19-27/h2-19,28H,1H3. The summed E-state index contributed by atoms with van der Waals surface area (Å²) in [7, 11) is 0. The van der Waals surface area contributed by atoms with E-state index in [-0.39, 0.29) is 4.58 Å². The van der Waals surface area contributed by atoms with Crippen molar-refractivity contribution in [2.45, 2.75) is 21.3 Å². The highest BCUT2D eigenvalue weighted by atomic mass is 32.2. The zero-order valence-electron chi connectivity index (χ0n) is 16.8. The molecule has 0 saturated carbocycles. The van der Waals surface area contributed by atoms with Gasteiger partial charge in [-0.05, 0) is 58.3 Å². The van der Waals surface area contributed by atoms with Crippen LogP contribution in [-0.4, -0.2) is 0 Å². The third-order valence-electron chi connectivity index (χ3n) is 5.28. The Labute approximate surface area is 186 Å². The van der Waals surface area contributed by atoms with E-state index in [1.54, 1.807) is 0 Å². The van der Waals surface area contributed by atoms with Crippen molar-refractivity contribution < 1.29 is 0 Å². The third-order valence-corrected chi connectivity index (χ3v) is 7.88. The molecule has 0 amide bonds. The second kappa shape index (κ2) is 8.59. The summed E-state index contributed by atoms with van der Waals surface area (Å²) in [4.78, 5) is 2.60. The van der Waals surface area contributed by atoms with Gasteiger partial charge in [0.15, 0.2) is 0 Å². The fourth-order valence-corrected chi connectivity index (χ4v) is 6.24. The Balaban J connectivity index is 1.49. The van der Waals surface area contributed by atoms with Gasteiger partial charge in [-0.3, -0.25) is 0 Å². The summed E-state index contributed by atoms with van der Waals surface area (Å²) in [5.74, 6) is 0. The molecule has 0 N–H and O–H groups in total. The molecule has 30 heavy (non-hydrogen) atoms. The van der Waals surface area contributed by atoms with Crippen LogP contribution in [0.3, 0.4) is 0 Å². The molecule has 0 bridgehead atoms. The zero-order chi connectivity index (χ0) is 20.3. The van der Waals surface area contributed by atoms with Crippen LogP contribution in [-0.2, 0) is 0 Å². The molecule has 0 saturated heterocycles. The molecule has 0 aliphatic carbocycles. The van der Waals surface area contributed by atoms with E-state index >= 15 is 0 Å². The molecule has 5 aromatic rings. The highest BCUT2D eigenvalue weighted by Gasteiger charge is 2.16. The monoisotopic (exact) mass is 422 g/mol. The summed E-state index contributed by atoms with van der Waals surface area (Å²) < 4.78 is 0.285. The lowest BCUT2D eigenvalue weighted by Crippen LogP contribution is -1.91. The maximum absolute atomic E-state index is 2.31. The predicted molar refractivity (Wildman–Crippen MR) is 134 cm³/mol. The molecule has 0 heterocycles. The molecule has 0 fully saturated rings. The predicted octanol–water partition coefficient (Wildman–Crippen LogP) is 8.88. The van der Waals surface area contributed by atoms with E-state index in [2.05, 4.69) is 116 Å². The summed E-state index contributed by atoms with van der Waals surface area (Å²) >= 11 is 3.85. The van der Waals surface area contributed by atoms with E-state index in [9.17, 15) is 0 Å². The van der Waals surface area contributed by atoms with Gasteiger partial charge in [0.2, 0.25) is 0 Å². The molecule has 146 valence electrons. The van der Waals surface area contributed by atoms with Gasteiger partial charge < -0.3 is 0 Å². The van der Waals surface area contributed by atoms with Crippen molar-refractivity contribution in [3.8, 4) is 0 Å². The first-order chi connectivity index (χ1) is 14.7. The van der Waals surface area contributed by atoms with Gasteiger partial charge in [-0.25, -0.2) is 0 Å². The van der Waals surface area contributed by atoms with E-state index in [0.29, 0.717) is 0 Å². The summed E-state index contributed by atoms with van der Waals surface area (Å²) in [6.07, 6.45) is 0. The molecule has 0 radical (unpaired) electrons. The molecule has 0 atom stereocenters. The molecule has 0 aromatic heterocycles. The number of fused-ring (bicyclic) bond motifs is 2. The molecule has 0 unspecified atom stereocenters. The molecule has 0 aliphatic heterocycles. The highest BCUT2D eigenvalue weighted by molar-refractivity contribution is 8.16. The van der Waals surface area contributed by atoms with Crippen molar-refractivity contribution in [2.24, 2.45) is 0 Å². The van der Waals surface area contributed by atoms with Crippen molar-refractivity contribution in [2.75, 3.05) is 0 Å². The summed E-state index contributed by atoms with van der Waals surface area (Å²) in [5.41, 5.74) is 2.64. The van der Waals surface area contributed by atoms with Gasteiger partial charge in [0.25, 0.3) is 0 Å². The Morgan fingerprint density at radius 2 is 0.967 bits per heavy atom. The van der Waals surface area contributed by atoms with Crippen LogP contribution >= 0.6 is 23.5 Å². The molecule has 0 nitrogen and oxygen atoms in total. The minimum atomic E-state index is 0.285. The number of thioether (sulfide) groups is 2. The van der Waals surface area contributed by atoms with Crippen LogP contribution in [0.4, 0.5) is 0 Å². The first kappa shape index (κ1) is 19.3. The van der Waals surface area contributed by atoms with Gasteiger partial charge in [-0.2, -0.15) is 0 Å². The Morgan fingerprint density at radius 3 is 1.47 bits per heavy atom. The van der Waals surface area contributed by atoms with Gasteiger partial charge in [-0.15, -0.1) is 23.5 Å². The maximum atomic E-state index is 2.31. The minimum absolute atomic E-state index is 0.285. The lowest BCUT2D eigenvalue weighted by atomic mass is 10.1. The van der Waals surface area contributed by atoms with Crippen molar-refractivity contribution in [3.63, 3.8) is 0 Å². The summed E-state index contributed by atoms with van der Waals surface area (Å²) in [6, 6.07) is 39.7. The van der Waals surface area contributed by atoms with E-state index in [1.165, 1.54) is 42.5 Å². The maximum Gasteiger partial charge on any atom is 0.0845 e. The van der Waals surface area contributed by atoms with Crippen molar-refractivity contribution in [3.05, 3.63) is 120 Å². The molecule has 5 rings (SSSR count). The molecular weight excluding hydrogens is 400 g/mol. The molecule has 2 heteroatoms. The van der Waals surface area contributed by atoms with Crippen LogP contribution in [0.15, 0.2) is 119 Å². The second-order valence-corrected chi connectivity index (χ2v) is 10.2. The van der Waals surface area contributed by atoms with E-state index in [4.69, 9.17) is 0 Å². The topological polar surface area (TPSA) is 0 Å². The highest BCUT2D eigenvalue weighted by Crippen LogP contribution is 2.47. The van der Waals surface area contributed by atoms with Crippen LogP contribution < -0.4 is 0 Å². The second-order valence-electron chi connectivity index (χ2n) is 7.50. The van der Waals surface area contributed by atoms with Gasteiger partial charge >= 0.3 is 0 Å². The molecular formula is C28H22S2. The van der Waals surface area contributed by atoms with Gasteiger partial charge in [0, 0.05) is 9.79 Å². The quantitative estimate of drug-likeness (QED) is 0.205. The van der Waals surface area contributed by atoms with E-state index < -0.39 is 0 Å². The third kappa shape index (κ3) is 4.26. The minimum Gasteiger partial charge on any atom is -0.106 e. The lowest BCUT2D eigenvalue weighted by molar-refractivity contribution is 1.32. The molecule has 5 aromatic carbocycles. The number of benzene rings is 5. The van der Waals surface area contributed by atoms with Gasteiger partial charge in [-0.1, -0.05) is 90.5 Å². The fourth-order valence-electron chi connectivity index (χ4n) is 3.61. The van der Waals surface area contributed by atoms with Crippen LogP contribution in [0.5, 0.6) is 0 Å². The Bertz CT molecular complexity index is 1220. The van der Waals surface area contributed by atoms with Crippen molar-refractivity contribution >= 4 is 45.1 Å². The van der Waals surface area contributed by atoms with E-state index in [0.717, 1.165) is 0 Å². The first-order valence-corrected chi connectivity index (χ1v) is 11.9. The van der Waals surface area contributed by atoms with Crippen LogP contribution in [0.2, 0.25) is 0 Å². The lowest BCUT2D eigenvalue weighted by Gasteiger charge is -2.18. The van der Waals surface area contributed by atoms with Gasteiger partial charge in [0.1, 0.15) is 0 Å². The SMILES string of the molecule is Cc1ccc(C(Sc2ccc3ccccc3c2)Sc2ccc3ccccc3c2)cc1. The average molecular weight is 423 g/mol. The van der Waals surface area contributed by atoms with Gasteiger partial charge in [0.05, 0.1) is 4.58 Å². The van der Waals surface area contributed by atoms with Crippen LogP contribution in [0.1, 0.15) is 15.7 Å². The van der Waals surface area contributed by atoms with E-state index in [1.807, 2.05) is 23.5 Å². The number of aryl methyl sites for hydroxylation is 1. The van der Waals surface area contributed by atoms with Crippen molar-refractivity contribution in [1.82, 2.24) is 0 Å². The van der Waals surface area contributed by atoms with Crippen LogP contribution in [0.25, 0.3) is 21.5 Å². The summed E-state index contributed by atoms with van der Waals surface area (Å²) in [6.45, 7) is 2.14.